The van der Waals surface area contributed by atoms with Gasteiger partial charge in [-0.2, -0.15) is 13.2 Å². The SMILES string of the molecule is CCC(CC)NC(=O)CSc1ccc(C(F)(F)F)cc1N. The maximum atomic E-state index is 12.5. The Kier molecular flexibility index (Phi) is 6.39. The van der Waals surface area contributed by atoms with Crippen molar-refractivity contribution >= 4 is 23.4 Å². The summed E-state index contributed by atoms with van der Waals surface area (Å²) in [6.07, 6.45) is -2.73. The molecule has 0 aliphatic carbocycles. The van der Waals surface area contributed by atoms with Gasteiger partial charge in [0.25, 0.3) is 0 Å². The summed E-state index contributed by atoms with van der Waals surface area (Å²) in [4.78, 5) is 12.2. The molecule has 0 aliphatic rings. The first-order valence-corrected chi connectivity index (χ1v) is 7.65. The molecule has 0 heterocycles. The summed E-state index contributed by atoms with van der Waals surface area (Å²) in [6.45, 7) is 3.96. The number of hydrogen-bond acceptors (Lipinski definition) is 3. The number of halogens is 3. The van der Waals surface area contributed by atoms with Gasteiger partial charge in [-0.05, 0) is 31.0 Å². The van der Waals surface area contributed by atoms with Crippen LogP contribution in [0.4, 0.5) is 18.9 Å². The van der Waals surface area contributed by atoms with E-state index in [2.05, 4.69) is 5.32 Å². The van der Waals surface area contributed by atoms with Gasteiger partial charge in [0.15, 0.2) is 0 Å². The molecule has 0 saturated heterocycles. The van der Waals surface area contributed by atoms with Crippen molar-refractivity contribution in [3.63, 3.8) is 0 Å². The van der Waals surface area contributed by atoms with E-state index >= 15 is 0 Å². The van der Waals surface area contributed by atoms with Crippen LogP contribution in [0.3, 0.4) is 0 Å². The van der Waals surface area contributed by atoms with Crippen LogP contribution in [-0.4, -0.2) is 17.7 Å². The Bertz CT molecular complexity index is 488. The molecule has 0 aromatic heterocycles. The van der Waals surface area contributed by atoms with Crippen molar-refractivity contribution in [2.24, 2.45) is 0 Å². The van der Waals surface area contributed by atoms with Crippen molar-refractivity contribution < 1.29 is 18.0 Å². The smallest absolute Gasteiger partial charge is 0.398 e. The van der Waals surface area contributed by atoms with Gasteiger partial charge < -0.3 is 11.1 Å². The lowest BCUT2D eigenvalue weighted by Gasteiger charge is -2.15. The van der Waals surface area contributed by atoms with Gasteiger partial charge in [-0.25, -0.2) is 0 Å². The normalized spacial score (nSPS) is 11.7. The fraction of sp³-hybridized carbons (Fsp3) is 0.500. The van der Waals surface area contributed by atoms with Crippen LogP contribution in [0.15, 0.2) is 23.1 Å². The highest BCUT2D eigenvalue weighted by atomic mass is 32.2. The maximum absolute atomic E-state index is 12.5. The Hall–Kier alpha value is -1.37. The van der Waals surface area contributed by atoms with Gasteiger partial charge in [-0.3, -0.25) is 4.79 Å². The Morgan fingerprint density at radius 3 is 2.43 bits per heavy atom. The summed E-state index contributed by atoms with van der Waals surface area (Å²) in [5.41, 5.74) is 4.85. The zero-order valence-corrected chi connectivity index (χ0v) is 12.8. The van der Waals surface area contributed by atoms with Crippen LogP contribution < -0.4 is 11.1 Å². The second-order valence-electron chi connectivity index (χ2n) is 4.62. The zero-order valence-electron chi connectivity index (χ0n) is 12.0. The topological polar surface area (TPSA) is 55.1 Å². The zero-order chi connectivity index (χ0) is 16.0. The van der Waals surface area contributed by atoms with E-state index < -0.39 is 11.7 Å². The minimum Gasteiger partial charge on any atom is -0.398 e. The number of hydrogen-bond donors (Lipinski definition) is 2. The highest BCUT2D eigenvalue weighted by Crippen LogP contribution is 2.34. The molecular weight excluding hydrogens is 301 g/mol. The first kappa shape index (κ1) is 17.7. The number of carbonyl (C=O) groups excluding carboxylic acids is 1. The lowest BCUT2D eigenvalue weighted by molar-refractivity contribution is -0.137. The molecule has 3 nitrogen and oxygen atoms in total. The summed E-state index contributed by atoms with van der Waals surface area (Å²) in [6, 6.07) is 3.29. The van der Waals surface area contributed by atoms with Gasteiger partial charge in [0, 0.05) is 16.6 Å². The van der Waals surface area contributed by atoms with Crippen molar-refractivity contribution in [2.75, 3.05) is 11.5 Å². The summed E-state index contributed by atoms with van der Waals surface area (Å²) < 4.78 is 37.5. The summed E-state index contributed by atoms with van der Waals surface area (Å²) in [7, 11) is 0. The Balaban J connectivity index is 2.62. The van der Waals surface area contributed by atoms with Gasteiger partial charge in [0.2, 0.25) is 5.91 Å². The summed E-state index contributed by atoms with van der Waals surface area (Å²) >= 11 is 1.13. The van der Waals surface area contributed by atoms with Crippen LogP contribution in [0.25, 0.3) is 0 Å². The number of amides is 1. The molecular formula is C14H19F3N2OS. The number of carbonyl (C=O) groups is 1. The highest BCUT2D eigenvalue weighted by Gasteiger charge is 2.30. The van der Waals surface area contributed by atoms with Crippen LogP contribution in [0.5, 0.6) is 0 Å². The van der Waals surface area contributed by atoms with Gasteiger partial charge >= 0.3 is 6.18 Å². The van der Waals surface area contributed by atoms with E-state index in [1.807, 2.05) is 13.8 Å². The molecule has 0 bridgehead atoms. The number of alkyl halides is 3. The largest absolute Gasteiger partial charge is 0.416 e. The predicted molar refractivity (Wildman–Crippen MR) is 79.1 cm³/mol. The van der Waals surface area contributed by atoms with E-state index in [4.69, 9.17) is 5.73 Å². The summed E-state index contributed by atoms with van der Waals surface area (Å²) in [5, 5.41) is 2.86. The Labute approximate surface area is 126 Å². The quantitative estimate of drug-likeness (QED) is 0.621. The van der Waals surface area contributed by atoms with Crippen LogP contribution in [0, 0.1) is 0 Å². The van der Waals surface area contributed by atoms with Crippen molar-refractivity contribution in [3.8, 4) is 0 Å². The van der Waals surface area contributed by atoms with E-state index in [1.165, 1.54) is 6.07 Å². The molecule has 0 saturated carbocycles. The average Bonchev–Trinajstić information content (AvgIpc) is 2.42. The van der Waals surface area contributed by atoms with Crippen LogP contribution >= 0.6 is 11.8 Å². The van der Waals surface area contributed by atoms with E-state index in [9.17, 15) is 18.0 Å². The van der Waals surface area contributed by atoms with Crippen LogP contribution in [0.2, 0.25) is 0 Å². The number of rotatable bonds is 6. The number of thioether (sulfide) groups is 1. The number of anilines is 1. The number of nitrogen functional groups attached to an aromatic ring is 1. The average molecular weight is 320 g/mol. The van der Waals surface area contributed by atoms with Crippen molar-refractivity contribution in [1.82, 2.24) is 5.32 Å². The fourth-order valence-electron chi connectivity index (χ4n) is 1.76. The third-order valence-corrected chi connectivity index (χ3v) is 4.14. The molecule has 0 aliphatic heterocycles. The standard InChI is InChI=1S/C14H19F3N2OS/c1-3-10(4-2)19-13(20)8-21-12-6-5-9(7-11(12)18)14(15,16)17/h5-7,10H,3-4,8,18H2,1-2H3,(H,19,20). The van der Waals surface area contributed by atoms with E-state index in [0.717, 1.165) is 36.7 Å². The Morgan fingerprint density at radius 2 is 1.95 bits per heavy atom. The molecule has 118 valence electrons. The third kappa shape index (κ3) is 5.49. The fourth-order valence-corrected chi connectivity index (χ4v) is 2.52. The lowest BCUT2D eigenvalue weighted by Crippen LogP contribution is -2.35. The first-order valence-electron chi connectivity index (χ1n) is 6.66. The first-order chi connectivity index (χ1) is 9.77. The molecule has 0 unspecified atom stereocenters. The molecule has 0 spiro atoms. The molecule has 0 fully saturated rings. The number of nitrogens with two attached hydrogens (primary N) is 1. The predicted octanol–water partition coefficient (Wildman–Crippen LogP) is 3.68. The monoisotopic (exact) mass is 320 g/mol. The molecule has 0 radical (unpaired) electrons. The molecule has 21 heavy (non-hydrogen) atoms. The van der Waals surface area contributed by atoms with Crippen LogP contribution in [0.1, 0.15) is 32.3 Å². The van der Waals surface area contributed by atoms with Gasteiger partial charge in [-0.1, -0.05) is 13.8 Å². The minimum absolute atomic E-state index is 0.0326. The van der Waals surface area contributed by atoms with Gasteiger partial charge in [0.05, 0.1) is 11.3 Å². The van der Waals surface area contributed by atoms with Crippen molar-refractivity contribution in [3.05, 3.63) is 23.8 Å². The molecule has 1 rings (SSSR count). The minimum atomic E-state index is -4.41. The molecule has 1 aromatic rings. The maximum Gasteiger partial charge on any atom is 0.416 e. The highest BCUT2D eigenvalue weighted by molar-refractivity contribution is 8.00. The van der Waals surface area contributed by atoms with E-state index in [1.54, 1.807) is 0 Å². The third-order valence-electron chi connectivity index (χ3n) is 3.05. The van der Waals surface area contributed by atoms with Crippen LogP contribution in [-0.2, 0) is 11.0 Å². The van der Waals surface area contributed by atoms with Crippen molar-refractivity contribution in [1.29, 1.82) is 0 Å². The molecule has 7 heteroatoms. The molecule has 0 atom stereocenters. The van der Waals surface area contributed by atoms with Crippen molar-refractivity contribution in [2.45, 2.75) is 43.8 Å². The van der Waals surface area contributed by atoms with Gasteiger partial charge in [-0.15, -0.1) is 11.8 Å². The lowest BCUT2D eigenvalue weighted by atomic mass is 10.2. The second-order valence-corrected chi connectivity index (χ2v) is 5.64. The van der Waals surface area contributed by atoms with E-state index in [0.29, 0.717) is 4.90 Å². The Morgan fingerprint density at radius 1 is 1.33 bits per heavy atom. The molecule has 3 N–H and O–H groups in total. The molecule has 1 aromatic carbocycles. The molecule has 1 amide bonds. The van der Waals surface area contributed by atoms with E-state index in [-0.39, 0.29) is 23.4 Å². The number of benzene rings is 1. The summed E-state index contributed by atoms with van der Waals surface area (Å²) in [5.74, 6) is -0.0144. The second kappa shape index (κ2) is 7.59. The van der Waals surface area contributed by atoms with Gasteiger partial charge in [0.1, 0.15) is 0 Å². The number of nitrogens with one attached hydrogen (secondary N) is 1.